The summed E-state index contributed by atoms with van der Waals surface area (Å²) in [6, 6.07) is 3.23. The average Bonchev–Trinajstić information content (AvgIpc) is 2.85. The van der Waals surface area contributed by atoms with Crippen LogP contribution in [0.5, 0.6) is 5.75 Å². The van der Waals surface area contributed by atoms with Crippen molar-refractivity contribution >= 4 is 11.6 Å². The number of aromatic nitrogens is 2. The number of anilines is 1. The molecule has 1 aliphatic heterocycles. The maximum absolute atomic E-state index is 13.1. The lowest BCUT2D eigenvalue weighted by molar-refractivity contribution is -0.137. The highest BCUT2D eigenvalue weighted by Crippen LogP contribution is 2.39. The van der Waals surface area contributed by atoms with E-state index in [1.807, 2.05) is 20.9 Å². The van der Waals surface area contributed by atoms with Gasteiger partial charge in [0.2, 0.25) is 5.91 Å². The van der Waals surface area contributed by atoms with E-state index in [-0.39, 0.29) is 24.7 Å². The third-order valence-electron chi connectivity index (χ3n) is 5.01. The summed E-state index contributed by atoms with van der Waals surface area (Å²) in [5, 5.41) is 4.36. The number of ether oxygens (including phenoxy) is 1. The summed E-state index contributed by atoms with van der Waals surface area (Å²) in [7, 11) is 1.84. The van der Waals surface area contributed by atoms with Gasteiger partial charge in [0.1, 0.15) is 12.4 Å². The molecule has 1 aromatic heterocycles. The quantitative estimate of drug-likeness (QED) is 0.815. The van der Waals surface area contributed by atoms with E-state index in [1.54, 1.807) is 11.6 Å². The Morgan fingerprint density at radius 1 is 1.33 bits per heavy atom. The van der Waals surface area contributed by atoms with Crippen LogP contribution in [-0.2, 0) is 24.4 Å². The lowest BCUT2D eigenvalue weighted by atomic mass is 9.97. The maximum atomic E-state index is 13.1. The summed E-state index contributed by atoms with van der Waals surface area (Å²) in [6.07, 6.45) is -3.99. The van der Waals surface area contributed by atoms with Crippen LogP contribution in [0.15, 0.2) is 18.2 Å². The van der Waals surface area contributed by atoms with Crippen LogP contribution in [0.2, 0.25) is 0 Å². The van der Waals surface area contributed by atoms with Gasteiger partial charge in [0, 0.05) is 18.7 Å². The first-order chi connectivity index (χ1) is 12.6. The van der Waals surface area contributed by atoms with Gasteiger partial charge in [0.05, 0.1) is 23.5 Å². The van der Waals surface area contributed by atoms with Crippen LogP contribution in [0.4, 0.5) is 18.9 Å². The summed E-state index contributed by atoms with van der Waals surface area (Å²) >= 11 is 0. The monoisotopic (exact) mass is 381 g/mol. The molecule has 1 aromatic carbocycles. The number of aryl methyl sites for hydroxylation is 2. The number of halogens is 3. The van der Waals surface area contributed by atoms with Gasteiger partial charge in [-0.2, -0.15) is 18.3 Å². The number of nitrogens with zero attached hydrogens (tertiary/aromatic N) is 3. The molecule has 0 saturated heterocycles. The fourth-order valence-electron chi connectivity index (χ4n) is 3.40. The second-order valence-electron chi connectivity index (χ2n) is 6.90. The number of alkyl halides is 3. The van der Waals surface area contributed by atoms with Gasteiger partial charge in [0.25, 0.3) is 0 Å². The third-order valence-corrected chi connectivity index (χ3v) is 5.01. The van der Waals surface area contributed by atoms with E-state index in [1.165, 1.54) is 11.0 Å². The summed E-state index contributed by atoms with van der Waals surface area (Å²) in [5.74, 6) is -0.322. The van der Waals surface area contributed by atoms with Gasteiger partial charge in [-0.3, -0.25) is 9.48 Å². The molecule has 27 heavy (non-hydrogen) atoms. The molecular weight excluding hydrogens is 359 g/mol. The maximum Gasteiger partial charge on any atom is 0.416 e. The number of benzene rings is 1. The molecule has 0 spiro atoms. The van der Waals surface area contributed by atoms with Crippen molar-refractivity contribution < 1.29 is 22.7 Å². The fourth-order valence-corrected chi connectivity index (χ4v) is 3.40. The van der Waals surface area contributed by atoms with Crippen LogP contribution in [0.25, 0.3) is 0 Å². The normalized spacial score (nSPS) is 15.3. The van der Waals surface area contributed by atoms with Crippen molar-refractivity contribution in [2.75, 3.05) is 18.1 Å². The molecule has 146 valence electrons. The Bertz CT molecular complexity index is 874. The zero-order valence-corrected chi connectivity index (χ0v) is 15.7. The molecule has 0 aliphatic carbocycles. The summed E-state index contributed by atoms with van der Waals surface area (Å²) < 4.78 is 46.4. The number of hydrogen-bond donors (Lipinski definition) is 0. The van der Waals surface area contributed by atoms with Crippen LogP contribution >= 0.6 is 0 Å². The van der Waals surface area contributed by atoms with Crippen LogP contribution in [0, 0.1) is 19.8 Å². The highest BCUT2D eigenvalue weighted by atomic mass is 19.4. The standard InChI is InChI=1S/C19H22F3N3O2/c1-11(9-15-12(2)23-24(4)13(15)3)18(26)25-7-8-27-17-6-5-14(10-16(17)25)19(20,21)22/h5-6,10-11H,7-9H2,1-4H3. The van der Waals surface area contributed by atoms with E-state index < -0.39 is 17.7 Å². The molecule has 0 radical (unpaired) electrons. The topological polar surface area (TPSA) is 47.4 Å². The number of rotatable bonds is 3. The third kappa shape index (κ3) is 3.65. The molecule has 2 heterocycles. The summed E-state index contributed by atoms with van der Waals surface area (Å²) in [6.45, 7) is 6.09. The lowest BCUT2D eigenvalue weighted by Crippen LogP contribution is -2.41. The minimum Gasteiger partial charge on any atom is -0.490 e. The number of amides is 1. The van der Waals surface area contributed by atoms with Gasteiger partial charge >= 0.3 is 6.18 Å². The van der Waals surface area contributed by atoms with Crippen molar-refractivity contribution in [3.8, 4) is 5.75 Å². The molecule has 5 nitrogen and oxygen atoms in total. The number of carbonyl (C=O) groups excluding carboxylic acids is 1. The molecule has 2 aromatic rings. The fraction of sp³-hybridized carbons (Fsp3) is 0.474. The summed E-state index contributed by atoms with van der Waals surface area (Å²) in [4.78, 5) is 14.4. The largest absolute Gasteiger partial charge is 0.490 e. The first-order valence-electron chi connectivity index (χ1n) is 8.74. The van der Waals surface area contributed by atoms with Gasteiger partial charge in [-0.05, 0) is 44.0 Å². The number of carbonyl (C=O) groups is 1. The van der Waals surface area contributed by atoms with E-state index in [4.69, 9.17) is 4.74 Å². The first-order valence-corrected chi connectivity index (χ1v) is 8.74. The molecule has 8 heteroatoms. The van der Waals surface area contributed by atoms with Crippen molar-refractivity contribution in [1.82, 2.24) is 9.78 Å². The van der Waals surface area contributed by atoms with Gasteiger partial charge in [-0.25, -0.2) is 0 Å². The molecule has 0 bridgehead atoms. The molecule has 1 aliphatic rings. The molecule has 1 unspecified atom stereocenters. The average molecular weight is 381 g/mol. The van der Waals surface area contributed by atoms with Crippen LogP contribution in [0.1, 0.15) is 29.4 Å². The predicted molar refractivity (Wildman–Crippen MR) is 94.8 cm³/mol. The van der Waals surface area contributed by atoms with Crippen LogP contribution < -0.4 is 9.64 Å². The van der Waals surface area contributed by atoms with Gasteiger partial charge in [-0.1, -0.05) is 6.92 Å². The molecule has 1 atom stereocenters. The molecule has 0 fully saturated rings. The number of fused-ring (bicyclic) bond motifs is 1. The van der Waals surface area contributed by atoms with Gasteiger partial charge in [0.15, 0.2) is 0 Å². The Balaban J connectivity index is 1.87. The lowest BCUT2D eigenvalue weighted by Gasteiger charge is -2.32. The second kappa shape index (κ2) is 6.90. The Hall–Kier alpha value is -2.51. The van der Waals surface area contributed by atoms with Crippen molar-refractivity contribution in [2.45, 2.75) is 33.4 Å². The van der Waals surface area contributed by atoms with E-state index >= 15 is 0 Å². The van der Waals surface area contributed by atoms with Gasteiger partial charge in [-0.15, -0.1) is 0 Å². The van der Waals surface area contributed by atoms with Crippen molar-refractivity contribution in [3.63, 3.8) is 0 Å². The first kappa shape index (κ1) is 19.3. The van der Waals surface area contributed by atoms with Crippen molar-refractivity contribution in [2.24, 2.45) is 13.0 Å². The van der Waals surface area contributed by atoms with Crippen LogP contribution in [0.3, 0.4) is 0 Å². The zero-order chi connectivity index (χ0) is 19.9. The summed E-state index contributed by atoms with van der Waals surface area (Å²) in [5.41, 5.74) is 2.21. The Morgan fingerprint density at radius 2 is 2.04 bits per heavy atom. The zero-order valence-electron chi connectivity index (χ0n) is 15.7. The Morgan fingerprint density at radius 3 is 2.63 bits per heavy atom. The predicted octanol–water partition coefficient (Wildman–Crippen LogP) is 3.66. The van der Waals surface area contributed by atoms with E-state index in [2.05, 4.69) is 5.10 Å². The van der Waals surface area contributed by atoms with Crippen LogP contribution in [-0.4, -0.2) is 28.8 Å². The molecule has 3 rings (SSSR count). The highest BCUT2D eigenvalue weighted by Gasteiger charge is 2.34. The van der Waals surface area contributed by atoms with E-state index in [0.717, 1.165) is 29.1 Å². The molecule has 0 saturated carbocycles. The second-order valence-corrected chi connectivity index (χ2v) is 6.90. The van der Waals surface area contributed by atoms with Crippen molar-refractivity contribution in [3.05, 3.63) is 40.7 Å². The van der Waals surface area contributed by atoms with Gasteiger partial charge < -0.3 is 9.64 Å². The molecule has 0 N–H and O–H groups in total. The molecule has 1 amide bonds. The molecular formula is C19H22F3N3O2. The van der Waals surface area contributed by atoms with Crippen molar-refractivity contribution in [1.29, 1.82) is 0 Å². The highest BCUT2D eigenvalue weighted by molar-refractivity contribution is 5.97. The smallest absolute Gasteiger partial charge is 0.416 e. The Kier molecular flexibility index (Phi) is 4.92. The number of hydrogen-bond acceptors (Lipinski definition) is 3. The van der Waals surface area contributed by atoms with E-state index in [9.17, 15) is 18.0 Å². The SMILES string of the molecule is Cc1nn(C)c(C)c1CC(C)C(=O)N1CCOc2ccc(C(F)(F)F)cc21. The minimum atomic E-state index is -4.48. The van der Waals surface area contributed by atoms with E-state index in [0.29, 0.717) is 12.2 Å². The minimum absolute atomic E-state index is 0.174. The Labute approximate surface area is 155 Å².